The molecule has 0 atom stereocenters. The van der Waals surface area contributed by atoms with E-state index in [0.717, 1.165) is 0 Å². The van der Waals surface area contributed by atoms with Gasteiger partial charge in [-0.05, 0) is 34.1 Å². The smallest absolute Gasteiger partial charge is 0.289 e. The number of halogens is 3. The third-order valence-electron chi connectivity index (χ3n) is 2.20. The molecule has 94 valence electrons. The monoisotopic (exact) mass is 348 g/mol. The van der Waals surface area contributed by atoms with Gasteiger partial charge in [-0.25, -0.2) is 0 Å². The van der Waals surface area contributed by atoms with E-state index in [1.807, 2.05) is 0 Å². The lowest BCUT2D eigenvalue weighted by atomic mass is 10.3. The quantitative estimate of drug-likeness (QED) is 0.835. The first-order valence-electron chi connectivity index (χ1n) is 4.81. The molecular formula is C11H7BrCl2N2O2. The summed E-state index contributed by atoms with van der Waals surface area (Å²) in [5, 5.41) is 4.85. The first kappa shape index (κ1) is 13.4. The molecule has 0 bridgehead atoms. The number of aromatic nitrogens is 2. The Morgan fingerprint density at radius 3 is 2.44 bits per heavy atom. The third kappa shape index (κ3) is 2.53. The van der Waals surface area contributed by atoms with Crippen molar-refractivity contribution in [3.05, 3.63) is 49.3 Å². The van der Waals surface area contributed by atoms with Gasteiger partial charge in [0.15, 0.2) is 5.75 Å². The van der Waals surface area contributed by atoms with E-state index in [9.17, 15) is 4.79 Å². The maximum absolute atomic E-state index is 12.1. The summed E-state index contributed by atoms with van der Waals surface area (Å²) in [7, 11) is 1.46. The number of benzene rings is 1. The van der Waals surface area contributed by atoms with Crippen LogP contribution in [0.1, 0.15) is 0 Å². The van der Waals surface area contributed by atoms with Crippen molar-refractivity contribution in [3.8, 4) is 11.4 Å². The molecule has 18 heavy (non-hydrogen) atoms. The molecule has 0 spiro atoms. The number of hydrogen-bond acceptors (Lipinski definition) is 3. The summed E-state index contributed by atoms with van der Waals surface area (Å²) in [6.45, 7) is 0. The molecule has 0 saturated heterocycles. The van der Waals surface area contributed by atoms with E-state index in [1.54, 1.807) is 18.2 Å². The number of methoxy groups -OCH3 is 1. The van der Waals surface area contributed by atoms with Gasteiger partial charge in [-0.15, -0.1) is 0 Å². The maximum Gasteiger partial charge on any atom is 0.289 e. The van der Waals surface area contributed by atoms with Crippen molar-refractivity contribution in [1.29, 1.82) is 0 Å². The maximum atomic E-state index is 12.1. The van der Waals surface area contributed by atoms with Gasteiger partial charge in [0.05, 0.1) is 19.0 Å². The van der Waals surface area contributed by atoms with Crippen LogP contribution in [0, 0.1) is 0 Å². The van der Waals surface area contributed by atoms with Crippen LogP contribution in [-0.4, -0.2) is 16.9 Å². The van der Waals surface area contributed by atoms with Crippen LogP contribution < -0.4 is 10.3 Å². The van der Waals surface area contributed by atoms with Crippen molar-refractivity contribution in [3.63, 3.8) is 0 Å². The van der Waals surface area contributed by atoms with Crippen molar-refractivity contribution >= 4 is 39.1 Å². The molecule has 1 heterocycles. The SMILES string of the molecule is COc1cnn(-c2cc(Cl)cc(Cl)c2)c(=O)c1Br. The van der Waals surface area contributed by atoms with Crippen LogP contribution >= 0.6 is 39.1 Å². The van der Waals surface area contributed by atoms with E-state index < -0.39 is 0 Å². The molecule has 0 aliphatic rings. The van der Waals surface area contributed by atoms with Gasteiger partial charge in [0.25, 0.3) is 5.56 Å². The number of rotatable bonds is 2. The van der Waals surface area contributed by atoms with Crippen molar-refractivity contribution < 1.29 is 4.74 Å². The minimum absolute atomic E-state index is 0.288. The Hall–Kier alpha value is -1.04. The Morgan fingerprint density at radius 1 is 1.28 bits per heavy atom. The predicted molar refractivity (Wildman–Crippen MR) is 74.1 cm³/mol. The second kappa shape index (κ2) is 5.30. The lowest BCUT2D eigenvalue weighted by molar-refractivity contribution is 0.406. The van der Waals surface area contributed by atoms with E-state index >= 15 is 0 Å². The summed E-state index contributed by atoms with van der Waals surface area (Å²) in [6, 6.07) is 4.78. The summed E-state index contributed by atoms with van der Waals surface area (Å²) in [4.78, 5) is 12.1. The molecule has 1 aromatic heterocycles. The third-order valence-corrected chi connectivity index (χ3v) is 3.37. The summed E-state index contributed by atoms with van der Waals surface area (Å²) in [6.07, 6.45) is 1.43. The molecule has 0 radical (unpaired) electrons. The highest BCUT2D eigenvalue weighted by molar-refractivity contribution is 9.10. The van der Waals surface area contributed by atoms with Crippen LogP contribution in [0.4, 0.5) is 0 Å². The Labute approximate surface area is 121 Å². The number of nitrogens with zero attached hydrogens (tertiary/aromatic N) is 2. The lowest BCUT2D eigenvalue weighted by Gasteiger charge is -2.08. The van der Waals surface area contributed by atoms with Crippen molar-refractivity contribution in [1.82, 2.24) is 9.78 Å². The summed E-state index contributed by atoms with van der Waals surface area (Å²) in [5.41, 5.74) is 0.133. The first-order valence-corrected chi connectivity index (χ1v) is 6.36. The minimum atomic E-state index is -0.354. The Kier molecular flexibility index (Phi) is 3.94. The van der Waals surface area contributed by atoms with Crippen LogP contribution in [0.15, 0.2) is 33.7 Å². The topological polar surface area (TPSA) is 44.1 Å². The summed E-state index contributed by atoms with van der Waals surface area (Å²) < 4.78 is 6.46. The summed E-state index contributed by atoms with van der Waals surface area (Å²) in [5.74, 6) is 0.365. The zero-order valence-corrected chi connectivity index (χ0v) is 12.3. The van der Waals surface area contributed by atoms with Gasteiger partial charge in [0, 0.05) is 10.0 Å². The molecule has 2 rings (SSSR count). The van der Waals surface area contributed by atoms with Crippen LogP contribution in [0.3, 0.4) is 0 Å². The second-order valence-corrected chi connectivity index (χ2v) is 5.04. The first-order chi connectivity index (χ1) is 8.52. The molecule has 4 nitrogen and oxygen atoms in total. The van der Waals surface area contributed by atoms with Crippen LogP contribution in [0.5, 0.6) is 5.75 Å². The molecule has 0 aliphatic heterocycles. The molecule has 0 N–H and O–H groups in total. The highest BCUT2D eigenvalue weighted by Gasteiger charge is 2.11. The Morgan fingerprint density at radius 2 is 1.89 bits per heavy atom. The highest BCUT2D eigenvalue weighted by Crippen LogP contribution is 2.23. The molecule has 0 amide bonds. The van der Waals surface area contributed by atoms with E-state index in [4.69, 9.17) is 27.9 Å². The van der Waals surface area contributed by atoms with Crippen molar-refractivity contribution in [2.45, 2.75) is 0 Å². The molecule has 0 fully saturated rings. The van der Waals surface area contributed by atoms with Gasteiger partial charge in [-0.3, -0.25) is 4.79 Å². The molecule has 0 unspecified atom stereocenters. The van der Waals surface area contributed by atoms with E-state index in [1.165, 1.54) is 18.0 Å². The minimum Gasteiger partial charge on any atom is -0.494 e. The van der Waals surface area contributed by atoms with Gasteiger partial charge in [-0.1, -0.05) is 23.2 Å². The van der Waals surface area contributed by atoms with E-state index in [0.29, 0.717) is 21.5 Å². The van der Waals surface area contributed by atoms with E-state index in [-0.39, 0.29) is 10.0 Å². The molecule has 0 saturated carbocycles. The second-order valence-electron chi connectivity index (χ2n) is 3.37. The largest absolute Gasteiger partial charge is 0.494 e. The Bertz CT molecular complexity index is 638. The van der Waals surface area contributed by atoms with Crippen molar-refractivity contribution in [2.75, 3.05) is 7.11 Å². The number of hydrogen-bond donors (Lipinski definition) is 0. The highest BCUT2D eigenvalue weighted by atomic mass is 79.9. The average molecular weight is 350 g/mol. The Balaban J connectivity index is 2.65. The standard InChI is InChI=1S/C11H7BrCl2N2O2/c1-18-9-5-15-16(11(17)10(9)12)8-3-6(13)2-7(14)4-8/h2-5H,1H3. The van der Waals surface area contributed by atoms with Gasteiger partial charge >= 0.3 is 0 Å². The summed E-state index contributed by atoms with van der Waals surface area (Å²) >= 11 is 14.9. The normalized spacial score (nSPS) is 10.4. The molecule has 7 heteroatoms. The fourth-order valence-corrected chi connectivity index (χ4v) is 2.35. The van der Waals surface area contributed by atoms with Crippen LogP contribution in [0.25, 0.3) is 5.69 Å². The molecule has 2 aromatic rings. The van der Waals surface area contributed by atoms with Gasteiger partial charge < -0.3 is 4.74 Å². The van der Waals surface area contributed by atoms with Gasteiger partial charge in [-0.2, -0.15) is 9.78 Å². The molecule has 0 aliphatic carbocycles. The number of ether oxygens (including phenoxy) is 1. The van der Waals surface area contributed by atoms with Gasteiger partial charge in [0.2, 0.25) is 0 Å². The van der Waals surface area contributed by atoms with Crippen molar-refractivity contribution in [2.24, 2.45) is 0 Å². The van der Waals surface area contributed by atoms with Crippen LogP contribution in [-0.2, 0) is 0 Å². The predicted octanol–water partition coefficient (Wildman–Crippen LogP) is 3.31. The average Bonchev–Trinajstić information content (AvgIpc) is 2.31. The fourth-order valence-electron chi connectivity index (χ4n) is 1.41. The van der Waals surface area contributed by atoms with E-state index in [2.05, 4.69) is 21.0 Å². The lowest BCUT2D eigenvalue weighted by Crippen LogP contribution is -2.22. The molecular weight excluding hydrogens is 343 g/mol. The molecule has 1 aromatic carbocycles. The zero-order valence-electron chi connectivity index (χ0n) is 9.15. The zero-order chi connectivity index (χ0) is 13.3. The fraction of sp³-hybridized carbons (Fsp3) is 0.0909. The van der Waals surface area contributed by atoms with Gasteiger partial charge in [0.1, 0.15) is 4.47 Å². The van der Waals surface area contributed by atoms with Crippen LogP contribution in [0.2, 0.25) is 10.0 Å².